The van der Waals surface area contributed by atoms with Gasteiger partial charge in [0.2, 0.25) is 0 Å². The van der Waals surface area contributed by atoms with Crippen LogP contribution in [-0.4, -0.2) is 13.0 Å². The van der Waals surface area contributed by atoms with E-state index < -0.39 is 10.3 Å². The maximum Gasteiger partial charge on any atom is 0.330 e. The third-order valence-electron chi connectivity index (χ3n) is 4.22. The lowest BCUT2D eigenvalue weighted by molar-refractivity contribution is 0.383. The molecule has 0 aromatic carbocycles. The highest BCUT2D eigenvalue weighted by atomic mass is 32.2. The summed E-state index contributed by atoms with van der Waals surface area (Å²) in [5.74, 6) is 1.07. The minimum Gasteiger partial charge on any atom is -0.274 e. The van der Waals surface area contributed by atoms with E-state index in [1.54, 1.807) is 0 Å². The van der Waals surface area contributed by atoms with E-state index in [0.29, 0.717) is 5.41 Å². The summed E-state index contributed by atoms with van der Waals surface area (Å²) in [7, 11) is -4.17. The molecule has 2 rings (SSSR count). The van der Waals surface area contributed by atoms with E-state index in [1.165, 1.54) is 19.3 Å². The van der Waals surface area contributed by atoms with Crippen molar-refractivity contribution in [2.45, 2.75) is 40.0 Å². The quantitative estimate of drug-likeness (QED) is 0.609. The summed E-state index contributed by atoms with van der Waals surface area (Å²) in [4.78, 5) is 0. The molecule has 0 saturated heterocycles. The van der Waals surface area contributed by atoms with Crippen molar-refractivity contribution in [3.05, 3.63) is 0 Å². The molecule has 0 bridgehead atoms. The van der Waals surface area contributed by atoms with Gasteiger partial charge in [0.25, 0.3) is 0 Å². The van der Waals surface area contributed by atoms with E-state index in [-0.39, 0.29) is 0 Å². The topological polar surface area (TPSA) is 80.4 Å². The van der Waals surface area contributed by atoms with Gasteiger partial charge in [-0.1, -0.05) is 27.2 Å². The van der Waals surface area contributed by atoms with Crippen LogP contribution in [0.3, 0.4) is 0 Å². The number of hydrogen-bond acceptors (Lipinski definition) is 2. The minimum atomic E-state index is -4.17. The number of nitrogens with two attached hydrogens (primary N) is 1. The highest BCUT2D eigenvalue weighted by molar-refractivity contribution is 7.83. The lowest BCUT2D eigenvalue weighted by atomic mass is 9.93. The average Bonchev–Trinajstić information content (AvgIpc) is 2.30. The Labute approximate surface area is 85.8 Å². The van der Waals surface area contributed by atoms with Crippen LogP contribution in [0.5, 0.6) is 0 Å². The molecule has 84 valence electrons. The zero-order chi connectivity index (χ0) is 11.2. The molecule has 2 aliphatic rings. The molecule has 0 aromatic rings. The average molecular weight is 221 g/mol. The number of fused-ring (bicyclic) bond motifs is 1. The van der Waals surface area contributed by atoms with Crippen LogP contribution in [-0.2, 0) is 10.3 Å². The molecule has 3 N–H and O–H groups in total. The smallest absolute Gasteiger partial charge is 0.274 e. The Morgan fingerprint density at radius 1 is 1.36 bits per heavy atom. The predicted molar refractivity (Wildman–Crippen MR) is 55.0 cm³/mol. The maximum atomic E-state index is 8.97. The van der Waals surface area contributed by atoms with Gasteiger partial charge in [-0.05, 0) is 29.6 Å². The summed E-state index contributed by atoms with van der Waals surface area (Å²) in [6.45, 7) is 7.32. The van der Waals surface area contributed by atoms with Gasteiger partial charge in [-0.3, -0.25) is 4.55 Å². The van der Waals surface area contributed by atoms with Crippen molar-refractivity contribution in [2.75, 3.05) is 0 Å². The maximum absolute atomic E-state index is 8.97. The Hall–Kier alpha value is -0.130. The second-order valence-corrected chi connectivity index (χ2v) is 6.13. The van der Waals surface area contributed by atoms with Crippen molar-refractivity contribution >= 4 is 10.3 Å². The highest BCUT2D eigenvalue weighted by Gasteiger charge is 2.68. The molecule has 0 aliphatic heterocycles. The molecule has 0 heterocycles. The van der Waals surface area contributed by atoms with Crippen molar-refractivity contribution in [3.63, 3.8) is 0 Å². The lowest BCUT2D eigenvalue weighted by Gasteiger charge is -2.12. The molecule has 0 aromatic heterocycles. The summed E-state index contributed by atoms with van der Waals surface area (Å²) in [5, 5.41) is 3.88. The Morgan fingerprint density at radius 2 is 1.79 bits per heavy atom. The summed E-state index contributed by atoms with van der Waals surface area (Å²) in [6, 6.07) is 0. The van der Waals surface area contributed by atoms with Crippen molar-refractivity contribution in [1.82, 2.24) is 0 Å². The molecule has 2 unspecified atom stereocenters. The Morgan fingerprint density at radius 3 is 1.93 bits per heavy atom. The predicted octanol–water partition coefficient (Wildman–Crippen LogP) is 1.58. The first kappa shape index (κ1) is 11.9. The first-order chi connectivity index (χ1) is 6.09. The molecular formula is C9H19NO3S. The normalized spacial score (nSPS) is 38.2. The Balaban J connectivity index is 0.000000171. The molecule has 5 heteroatoms. The lowest BCUT2D eigenvalue weighted by Crippen LogP contribution is -2.08. The molecule has 14 heavy (non-hydrogen) atoms. The van der Waals surface area contributed by atoms with Crippen molar-refractivity contribution < 1.29 is 13.0 Å². The summed E-state index contributed by atoms with van der Waals surface area (Å²) >= 11 is 0. The standard InChI is InChI=1S/C9H16.H3NO3S/c1-8(2)7-5-4-6-9(7,8)3;1-5(2,3)4/h7H,4-6H2,1-3H3;(H3,1,2,3,4). The molecular weight excluding hydrogens is 202 g/mol. The third-order valence-corrected chi connectivity index (χ3v) is 4.22. The molecule has 4 nitrogen and oxygen atoms in total. The van der Waals surface area contributed by atoms with Gasteiger partial charge in [0.05, 0.1) is 0 Å². The van der Waals surface area contributed by atoms with Gasteiger partial charge < -0.3 is 0 Å². The van der Waals surface area contributed by atoms with Crippen LogP contribution >= 0.6 is 0 Å². The third kappa shape index (κ3) is 2.10. The van der Waals surface area contributed by atoms with E-state index in [9.17, 15) is 0 Å². The zero-order valence-corrected chi connectivity index (χ0v) is 9.76. The van der Waals surface area contributed by atoms with Gasteiger partial charge in [0.15, 0.2) is 0 Å². The largest absolute Gasteiger partial charge is 0.330 e. The minimum absolute atomic E-state index is 0.700. The van der Waals surface area contributed by atoms with Crippen LogP contribution in [0.15, 0.2) is 0 Å². The van der Waals surface area contributed by atoms with Crippen LogP contribution in [0.1, 0.15) is 40.0 Å². The van der Waals surface area contributed by atoms with Crippen LogP contribution in [0, 0.1) is 16.7 Å². The van der Waals surface area contributed by atoms with Crippen LogP contribution in [0.2, 0.25) is 0 Å². The molecule has 0 radical (unpaired) electrons. The van der Waals surface area contributed by atoms with Crippen LogP contribution < -0.4 is 5.14 Å². The molecule has 0 spiro atoms. The second-order valence-electron chi connectivity index (χ2n) is 5.10. The van der Waals surface area contributed by atoms with Gasteiger partial charge in [0, 0.05) is 0 Å². The molecule has 0 amide bonds. The fraction of sp³-hybridized carbons (Fsp3) is 1.00. The first-order valence-corrected chi connectivity index (χ1v) is 6.34. The Kier molecular flexibility index (Phi) is 2.71. The van der Waals surface area contributed by atoms with Gasteiger partial charge >= 0.3 is 10.3 Å². The number of hydrogen-bond donors (Lipinski definition) is 2. The van der Waals surface area contributed by atoms with Crippen molar-refractivity contribution in [1.29, 1.82) is 0 Å². The molecule has 2 saturated carbocycles. The highest BCUT2D eigenvalue weighted by Crippen LogP contribution is 2.76. The fourth-order valence-corrected chi connectivity index (χ4v) is 3.05. The molecule has 2 aliphatic carbocycles. The van der Waals surface area contributed by atoms with Gasteiger partial charge in [-0.25, -0.2) is 5.14 Å². The zero-order valence-electron chi connectivity index (χ0n) is 8.95. The molecule has 2 atom stereocenters. The van der Waals surface area contributed by atoms with Crippen molar-refractivity contribution in [3.8, 4) is 0 Å². The summed E-state index contributed by atoms with van der Waals surface area (Å²) in [6.07, 6.45) is 4.48. The van der Waals surface area contributed by atoms with E-state index in [2.05, 4.69) is 25.9 Å². The van der Waals surface area contributed by atoms with Crippen LogP contribution in [0.4, 0.5) is 0 Å². The summed E-state index contributed by atoms with van der Waals surface area (Å²) < 4.78 is 25.2. The van der Waals surface area contributed by atoms with E-state index in [4.69, 9.17) is 13.0 Å². The number of rotatable bonds is 0. The van der Waals surface area contributed by atoms with E-state index >= 15 is 0 Å². The molecule has 2 fully saturated rings. The van der Waals surface area contributed by atoms with E-state index in [0.717, 1.165) is 11.3 Å². The van der Waals surface area contributed by atoms with Crippen LogP contribution in [0.25, 0.3) is 0 Å². The first-order valence-electron chi connectivity index (χ1n) is 4.84. The Bertz CT molecular complexity index is 315. The van der Waals surface area contributed by atoms with Gasteiger partial charge in [-0.15, -0.1) is 0 Å². The SMILES string of the molecule is CC1(C)C2CCCC21C.NS(=O)(=O)O. The van der Waals surface area contributed by atoms with Gasteiger partial charge in [0.1, 0.15) is 0 Å². The summed E-state index contributed by atoms with van der Waals surface area (Å²) in [5.41, 5.74) is 1.46. The van der Waals surface area contributed by atoms with E-state index in [1.807, 2.05) is 0 Å². The van der Waals surface area contributed by atoms with Crippen molar-refractivity contribution in [2.24, 2.45) is 21.9 Å². The fourth-order valence-electron chi connectivity index (χ4n) is 3.05. The van der Waals surface area contributed by atoms with Gasteiger partial charge in [-0.2, -0.15) is 8.42 Å². The second kappa shape index (κ2) is 3.18. The monoisotopic (exact) mass is 221 g/mol.